The molecule has 0 unspecified atom stereocenters. The number of halogens is 4. The number of amides is 2. The lowest BCUT2D eigenvalue weighted by atomic mass is 9.88. The number of nitrogens with zero attached hydrogens (tertiary/aromatic N) is 1. The first-order valence-electron chi connectivity index (χ1n) is 10.1. The molecule has 1 aliphatic carbocycles. The summed E-state index contributed by atoms with van der Waals surface area (Å²) in [6.07, 6.45) is -6.77. The number of hydrogen-bond donors (Lipinski definition) is 3. The van der Waals surface area contributed by atoms with Crippen LogP contribution >= 0.6 is 22.6 Å². The van der Waals surface area contributed by atoms with E-state index in [4.69, 9.17) is 14.6 Å². The third kappa shape index (κ3) is 8.12. The summed E-state index contributed by atoms with van der Waals surface area (Å²) in [6.45, 7) is -2.09. The summed E-state index contributed by atoms with van der Waals surface area (Å²) in [5.41, 5.74) is 0.0430. The molecular formula is C21H26F3IN2O6. The standard InChI is InChI=1S/C21H26F3IN2O6/c1-32-9-6-18(29)27(12-21(22,23)24)15-10-13(20(31)26-7-8-28)11-17(19(15)30)33-16-5-3-2-4-14(16)25/h2-5,11,15,17,19,28,30H,6-10,12H2,1H3,(H,26,31)/t15-,17+,19+/m1/s1. The molecule has 2 rings (SSSR count). The van der Waals surface area contributed by atoms with Crippen molar-refractivity contribution in [3.05, 3.63) is 39.5 Å². The molecule has 0 bridgehead atoms. The minimum absolute atomic E-state index is 0.0430. The van der Waals surface area contributed by atoms with Gasteiger partial charge >= 0.3 is 6.18 Å². The number of hydrogen-bond acceptors (Lipinski definition) is 6. The zero-order chi connectivity index (χ0) is 24.6. The van der Waals surface area contributed by atoms with Crippen molar-refractivity contribution in [2.45, 2.75) is 37.3 Å². The van der Waals surface area contributed by atoms with E-state index >= 15 is 0 Å². The molecule has 1 aromatic carbocycles. The van der Waals surface area contributed by atoms with Gasteiger partial charge in [0.05, 0.1) is 29.2 Å². The van der Waals surface area contributed by atoms with Crippen LogP contribution in [0.15, 0.2) is 35.9 Å². The molecule has 3 N–H and O–H groups in total. The second kappa shape index (κ2) is 12.5. The van der Waals surface area contributed by atoms with Crippen LogP contribution in [0.4, 0.5) is 13.2 Å². The molecule has 0 aliphatic heterocycles. The molecule has 1 aromatic rings. The third-order valence-electron chi connectivity index (χ3n) is 4.90. The summed E-state index contributed by atoms with van der Waals surface area (Å²) >= 11 is 2.00. The van der Waals surface area contributed by atoms with Gasteiger partial charge in [0.2, 0.25) is 11.8 Å². The van der Waals surface area contributed by atoms with Crippen LogP contribution in [-0.4, -0.2) is 84.8 Å². The summed E-state index contributed by atoms with van der Waals surface area (Å²) in [5, 5.41) is 22.4. The van der Waals surface area contributed by atoms with Crippen molar-refractivity contribution in [1.82, 2.24) is 10.2 Å². The zero-order valence-corrected chi connectivity index (χ0v) is 20.0. The Hall–Kier alpha value is -1.90. The van der Waals surface area contributed by atoms with Crippen molar-refractivity contribution < 1.29 is 42.4 Å². The maximum absolute atomic E-state index is 13.3. The summed E-state index contributed by atoms with van der Waals surface area (Å²) < 4.78 is 51.3. The molecule has 33 heavy (non-hydrogen) atoms. The van der Waals surface area contributed by atoms with E-state index in [1.54, 1.807) is 24.3 Å². The first-order valence-corrected chi connectivity index (χ1v) is 11.2. The minimum Gasteiger partial charge on any atom is -0.482 e. The van der Waals surface area contributed by atoms with Crippen molar-refractivity contribution >= 4 is 34.4 Å². The second-order valence-corrected chi connectivity index (χ2v) is 8.49. The highest BCUT2D eigenvalue weighted by Crippen LogP contribution is 2.31. The summed E-state index contributed by atoms with van der Waals surface area (Å²) in [5.74, 6) is -1.14. The average molecular weight is 586 g/mol. The van der Waals surface area contributed by atoms with Crippen LogP contribution in [0.25, 0.3) is 0 Å². The van der Waals surface area contributed by atoms with Gasteiger partial charge in [-0.05, 0) is 40.8 Å². The monoisotopic (exact) mass is 586 g/mol. The first-order chi connectivity index (χ1) is 15.6. The molecule has 8 nitrogen and oxygen atoms in total. The molecule has 0 spiro atoms. The molecule has 3 atom stereocenters. The number of benzene rings is 1. The number of ether oxygens (including phenoxy) is 2. The highest BCUT2D eigenvalue weighted by atomic mass is 127. The molecular weight excluding hydrogens is 560 g/mol. The van der Waals surface area contributed by atoms with E-state index < -0.39 is 42.8 Å². The number of carbonyl (C=O) groups is 2. The topological polar surface area (TPSA) is 108 Å². The smallest absolute Gasteiger partial charge is 0.406 e. The van der Waals surface area contributed by atoms with E-state index in [1.807, 2.05) is 22.6 Å². The van der Waals surface area contributed by atoms with Crippen LogP contribution in [-0.2, 0) is 14.3 Å². The van der Waals surface area contributed by atoms with E-state index in [2.05, 4.69) is 5.32 Å². The SMILES string of the molecule is COCCC(=O)N(CC(F)(F)F)[C@@H]1CC(C(=O)NCCO)=C[C@H](Oc2ccccc2I)[C@H]1O. The average Bonchev–Trinajstić information content (AvgIpc) is 2.76. The summed E-state index contributed by atoms with van der Waals surface area (Å²) in [6, 6.07) is 5.44. The molecule has 0 heterocycles. The van der Waals surface area contributed by atoms with Crippen molar-refractivity contribution in [1.29, 1.82) is 0 Å². The van der Waals surface area contributed by atoms with Gasteiger partial charge in [0, 0.05) is 25.6 Å². The van der Waals surface area contributed by atoms with Crippen LogP contribution in [0.3, 0.4) is 0 Å². The quantitative estimate of drug-likeness (QED) is 0.360. The van der Waals surface area contributed by atoms with Crippen molar-refractivity contribution in [3.8, 4) is 5.75 Å². The lowest BCUT2D eigenvalue weighted by Gasteiger charge is -2.40. The summed E-state index contributed by atoms with van der Waals surface area (Å²) in [4.78, 5) is 25.7. The maximum Gasteiger partial charge on any atom is 0.406 e. The van der Waals surface area contributed by atoms with Gasteiger partial charge < -0.3 is 29.9 Å². The molecule has 0 radical (unpaired) electrons. The van der Waals surface area contributed by atoms with Gasteiger partial charge in [-0.2, -0.15) is 13.2 Å². The normalized spacial score (nSPS) is 20.7. The molecule has 0 saturated heterocycles. The maximum atomic E-state index is 13.3. The molecule has 0 aromatic heterocycles. The number of aliphatic hydroxyl groups is 2. The molecule has 1 aliphatic rings. The highest BCUT2D eigenvalue weighted by Gasteiger charge is 2.44. The van der Waals surface area contributed by atoms with E-state index in [0.717, 1.165) is 0 Å². The van der Waals surface area contributed by atoms with Gasteiger partial charge in [0.15, 0.2) is 0 Å². The molecule has 0 fully saturated rings. The second-order valence-electron chi connectivity index (χ2n) is 7.33. The van der Waals surface area contributed by atoms with Gasteiger partial charge in [-0.15, -0.1) is 0 Å². The van der Waals surface area contributed by atoms with Gasteiger partial charge in [-0.3, -0.25) is 9.59 Å². The van der Waals surface area contributed by atoms with Crippen LogP contribution in [0.2, 0.25) is 0 Å². The Bertz CT molecular complexity index is 852. The summed E-state index contributed by atoms with van der Waals surface area (Å²) in [7, 11) is 1.31. The van der Waals surface area contributed by atoms with Crippen molar-refractivity contribution in [3.63, 3.8) is 0 Å². The molecule has 0 saturated carbocycles. The number of alkyl halides is 3. The van der Waals surface area contributed by atoms with Crippen LogP contribution in [0, 0.1) is 3.57 Å². The van der Waals surface area contributed by atoms with E-state index in [-0.39, 0.29) is 38.2 Å². The fraction of sp³-hybridized carbons (Fsp3) is 0.524. The predicted octanol–water partition coefficient (Wildman–Crippen LogP) is 1.63. The first kappa shape index (κ1) is 27.3. The number of para-hydroxylation sites is 1. The Morgan fingerprint density at radius 1 is 1.30 bits per heavy atom. The predicted molar refractivity (Wildman–Crippen MR) is 120 cm³/mol. The van der Waals surface area contributed by atoms with Gasteiger partial charge in [-0.1, -0.05) is 12.1 Å². The molecule has 12 heteroatoms. The number of rotatable bonds is 10. The Morgan fingerprint density at radius 2 is 2.00 bits per heavy atom. The lowest BCUT2D eigenvalue weighted by molar-refractivity contribution is -0.173. The van der Waals surface area contributed by atoms with Gasteiger partial charge in [-0.25, -0.2) is 0 Å². The Morgan fingerprint density at radius 3 is 2.61 bits per heavy atom. The van der Waals surface area contributed by atoms with Crippen molar-refractivity contribution in [2.75, 3.05) is 33.4 Å². The van der Waals surface area contributed by atoms with E-state index in [9.17, 15) is 27.9 Å². The Labute approximate surface area is 202 Å². The van der Waals surface area contributed by atoms with Crippen molar-refractivity contribution in [2.24, 2.45) is 0 Å². The Balaban J connectivity index is 2.41. The molecule has 184 valence electrons. The number of methoxy groups -OCH3 is 1. The van der Waals surface area contributed by atoms with E-state index in [1.165, 1.54) is 13.2 Å². The number of carbonyl (C=O) groups excluding carboxylic acids is 2. The third-order valence-corrected chi connectivity index (χ3v) is 5.80. The largest absolute Gasteiger partial charge is 0.482 e. The number of nitrogens with one attached hydrogen (secondary N) is 1. The van der Waals surface area contributed by atoms with E-state index in [0.29, 0.717) is 14.2 Å². The van der Waals surface area contributed by atoms with Crippen LogP contribution in [0.1, 0.15) is 12.8 Å². The van der Waals surface area contributed by atoms with Crippen LogP contribution in [0.5, 0.6) is 5.75 Å². The lowest BCUT2D eigenvalue weighted by Crippen LogP contribution is -2.57. The van der Waals surface area contributed by atoms with Crippen LogP contribution < -0.4 is 10.1 Å². The number of aliphatic hydroxyl groups excluding tert-OH is 2. The highest BCUT2D eigenvalue weighted by molar-refractivity contribution is 14.1. The fourth-order valence-electron chi connectivity index (χ4n) is 3.38. The van der Waals surface area contributed by atoms with Gasteiger partial charge in [0.25, 0.3) is 0 Å². The molecule has 2 amide bonds. The van der Waals surface area contributed by atoms with Gasteiger partial charge in [0.1, 0.15) is 24.5 Å². The zero-order valence-electron chi connectivity index (χ0n) is 17.8. The Kier molecular flexibility index (Phi) is 10.4. The minimum atomic E-state index is -4.73. The fourth-order valence-corrected chi connectivity index (χ4v) is 3.90.